The van der Waals surface area contributed by atoms with Gasteiger partial charge in [0.25, 0.3) is 5.91 Å². The molecule has 1 aromatic heterocycles. The topological polar surface area (TPSA) is 104 Å². The molecule has 1 unspecified atom stereocenters. The quantitative estimate of drug-likeness (QED) is 0.812. The van der Waals surface area contributed by atoms with Gasteiger partial charge in [0, 0.05) is 19.2 Å². The Labute approximate surface area is 144 Å². The number of nitrogens with one attached hydrogen (secondary N) is 1. The van der Waals surface area contributed by atoms with Gasteiger partial charge >= 0.3 is 0 Å². The monoisotopic (exact) mass is 344 g/mol. The molecule has 1 saturated heterocycles. The molecule has 1 fully saturated rings. The number of hydrogen-bond acceptors (Lipinski definition) is 6. The van der Waals surface area contributed by atoms with Crippen LogP contribution in [0, 0.1) is 0 Å². The molecule has 2 heterocycles. The third kappa shape index (κ3) is 3.89. The molecular formula is C18H20N2O5. The summed E-state index contributed by atoms with van der Waals surface area (Å²) in [4.78, 5) is 24.8. The molecule has 3 rings (SSSR count). The van der Waals surface area contributed by atoms with Gasteiger partial charge in [0.15, 0.2) is 0 Å². The molecular weight excluding hydrogens is 324 g/mol. The van der Waals surface area contributed by atoms with Crippen LogP contribution in [0.25, 0.3) is 0 Å². The molecule has 1 amide bonds. The zero-order valence-electron chi connectivity index (χ0n) is 13.7. The van der Waals surface area contributed by atoms with Gasteiger partial charge in [0.05, 0.1) is 18.4 Å². The van der Waals surface area contributed by atoms with Crippen molar-refractivity contribution >= 4 is 5.91 Å². The molecule has 7 nitrogen and oxygen atoms in total. The summed E-state index contributed by atoms with van der Waals surface area (Å²) in [5.41, 5.74) is 5.58. The van der Waals surface area contributed by atoms with E-state index in [9.17, 15) is 9.59 Å². The second-order valence-electron chi connectivity index (χ2n) is 5.96. The standard InChI is InChI=1S/C18H20N2O5/c19-11-18(7-9-23-12-18)20-17(22)16-15(14(21)6-8-24-16)25-10-13-4-2-1-3-5-13/h1-6,8H,7,9-12,19H2,(H,20,22). The number of carbonyl (C=O) groups excluding carboxylic acids is 1. The molecule has 0 spiro atoms. The molecule has 132 valence electrons. The number of ether oxygens (including phenoxy) is 2. The Morgan fingerprint density at radius 3 is 2.76 bits per heavy atom. The van der Waals surface area contributed by atoms with E-state index in [2.05, 4.69) is 5.32 Å². The smallest absolute Gasteiger partial charge is 0.291 e. The van der Waals surface area contributed by atoms with E-state index in [0.717, 1.165) is 5.56 Å². The molecule has 1 atom stereocenters. The van der Waals surface area contributed by atoms with Crippen molar-refractivity contribution in [2.75, 3.05) is 19.8 Å². The highest BCUT2D eigenvalue weighted by atomic mass is 16.5. The number of carbonyl (C=O) groups is 1. The molecule has 1 aliphatic heterocycles. The van der Waals surface area contributed by atoms with E-state index in [0.29, 0.717) is 19.6 Å². The summed E-state index contributed by atoms with van der Waals surface area (Å²) < 4.78 is 16.2. The lowest BCUT2D eigenvalue weighted by Gasteiger charge is -2.26. The Morgan fingerprint density at radius 2 is 2.08 bits per heavy atom. The molecule has 3 N–H and O–H groups in total. The fourth-order valence-electron chi connectivity index (χ4n) is 2.64. The maximum atomic E-state index is 12.6. The molecule has 1 aliphatic rings. The normalized spacial score (nSPS) is 19.6. The van der Waals surface area contributed by atoms with Gasteiger partial charge in [-0.05, 0) is 12.0 Å². The van der Waals surface area contributed by atoms with Gasteiger partial charge in [-0.25, -0.2) is 0 Å². The zero-order valence-corrected chi connectivity index (χ0v) is 13.7. The summed E-state index contributed by atoms with van der Waals surface area (Å²) in [5.74, 6) is -0.824. The highest BCUT2D eigenvalue weighted by molar-refractivity contribution is 5.94. The Bertz CT molecular complexity index is 782. The van der Waals surface area contributed by atoms with E-state index in [-0.39, 0.29) is 24.7 Å². The fraction of sp³-hybridized carbons (Fsp3) is 0.333. The lowest BCUT2D eigenvalue weighted by molar-refractivity contribution is 0.0844. The summed E-state index contributed by atoms with van der Waals surface area (Å²) in [7, 11) is 0. The molecule has 0 aliphatic carbocycles. The summed E-state index contributed by atoms with van der Waals surface area (Å²) in [5, 5.41) is 2.82. The van der Waals surface area contributed by atoms with Crippen LogP contribution in [0.2, 0.25) is 0 Å². The Kier molecular flexibility index (Phi) is 5.16. The maximum absolute atomic E-state index is 12.6. The van der Waals surface area contributed by atoms with Gasteiger partial charge in [-0.3, -0.25) is 9.59 Å². The van der Waals surface area contributed by atoms with Crippen LogP contribution in [0.15, 0.2) is 51.9 Å². The minimum absolute atomic E-state index is 0.116. The van der Waals surface area contributed by atoms with Crippen molar-refractivity contribution in [2.24, 2.45) is 5.73 Å². The van der Waals surface area contributed by atoms with Crippen molar-refractivity contribution in [2.45, 2.75) is 18.6 Å². The van der Waals surface area contributed by atoms with Gasteiger partial charge in [-0.15, -0.1) is 0 Å². The number of amides is 1. The van der Waals surface area contributed by atoms with E-state index in [1.54, 1.807) is 0 Å². The van der Waals surface area contributed by atoms with Crippen molar-refractivity contribution in [3.63, 3.8) is 0 Å². The molecule has 0 bridgehead atoms. The average molecular weight is 344 g/mol. The second kappa shape index (κ2) is 7.50. The van der Waals surface area contributed by atoms with Crippen LogP contribution in [0.1, 0.15) is 22.5 Å². The first-order valence-electron chi connectivity index (χ1n) is 8.02. The van der Waals surface area contributed by atoms with Crippen LogP contribution in [-0.4, -0.2) is 31.2 Å². The predicted octanol–water partition coefficient (Wildman–Crippen LogP) is 1.07. The Hall–Kier alpha value is -2.64. The van der Waals surface area contributed by atoms with Gasteiger partial charge in [0.1, 0.15) is 6.61 Å². The molecule has 7 heteroatoms. The third-order valence-electron chi connectivity index (χ3n) is 4.14. The van der Waals surface area contributed by atoms with Gasteiger partial charge in [0.2, 0.25) is 16.9 Å². The first-order chi connectivity index (χ1) is 12.1. The van der Waals surface area contributed by atoms with Crippen LogP contribution >= 0.6 is 0 Å². The first kappa shape index (κ1) is 17.2. The van der Waals surface area contributed by atoms with Gasteiger partial charge < -0.3 is 24.9 Å². The highest BCUT2D eigenvalue weighted by Gasteiger charge is 2.36. The summed E-state index contributed by atoms with van der Waals surface area (Å²) in [6.45, 7) is 1.23. The molecule has 25 heavy (non-hydrogen) atoms. The predicted molar refractivity (Wildman–Crippen MR) is 90.4 cm³/mol. The van der Waals surface area contributed by atoms with Crippen LogP contribution in [0.4, 0.5) is 0 Å². The van der Waals surface area contributed by atoms with Crippen molar-refractivity contribution < 1.29 is 18.7 Å². The largest absolute Gasteiger partial charge is 0.481 e. The molecule has 0 radical (unpaired) electrons. The Morgan fingerprint density at radius 1 is 1.28 bits per heavy atom. The summed E-state index contributed by atoms with van der Waals surface area (Å²) in [6.07, 6.45) is 1.78. The van der Waals surface area contributed by atoms with E-state index in [1.807, 2.05) is 30.3 Å². The summed E-state index contributed by atoms with van der Waals surface area (Å²) >= 11 is 0. The molecule has 0 saturated carbocycles. The van der Waals surface area contributed by atoms with E-state index >= 15 is 0 Å². The van der Waals surface area contributed by atoms with Crippen LogP contribution < -0.4 is 21.2 Å². The number of hydrogen-bond donors (Lipinski definition) is 2. The third-order valence-corrected chi connectivity index (χ3v) is 4.14. The number of benzene rings is 1. The summed E-state index contributed by atoms with van der Waals surface area (Å²) in [6, 6.07) is 10.6. The van der Waals surface area contributed by atoms with Crippen molar-refractivity contribution in [3.05, 3.63) is 64.2 Å². The van der Waals surface area contributed by atoms with Gasteiger partial charge in [-0.1, -0.05) is 30.3 Å². The lowest BCUT2D eigenvalue weighted by Crippen LogP contribution is -2.54. The van der Waals surface area contributed by atoms with Crippen molar-refractivity contribution in [1.82, 2.24) is 5.32 Å². The minimum Gasteiger partial charge on any atom is -0.481 e. The molecule has 2 aromatic rings. The minimum atomic E-state index is -0.651. The number of nitrogens with two attached hydrogens (primary N) is 1. The Balaban J connectivity index is 1.80. The van der Waals surface area contributed by atoms with Gasteiger partial charge in [-0.2, -0.15) is 0 Å². The van der Waals surface area contributed by atoms with E-state index < -0.39 is 16.9 Å². The lowest BCUT2D eigenvalue weighted by atomic mass is 9.99. The second-order valence-corrected chi connectivity index (χ2v) is 5.96. The van der Waals surface area contributed by atoms with Crippen LogP contribution in [0.3, 0.4) is 0 Å². The fourth-order valence-corrected chi connectivity index (χ4v) is 2.64. The first-order valence-corrected chi connectivity index (χ1v) is 8.02. The van der Waals surface area contributed by atoms with Crippen molar-refractivity contribution in [3.8, 4) is 5.75 Å². The van der Waals surface area contributed by atoms with Crippen LogP contribution in [0.5, 0.6) is 5.75 Å². The van der Waals surface area contributed by atoms with Crippen molar-refractivity contribution in [1.29, 1.82) is 0 Å². The van der Waals surface area contributed by atoms with Crippen LogP contribution in [-0.2, 0) is 11.3 Å². The number of rotatable bonds is 6. The molecule has 1 aromatic carbocycles. The highest BCUT2D eigenvalue weighted by Crippen LogP contribution is 2.20. The SMILES string of the molecule is NCC1(NC(=O)c2occc(=O)c2OCc2ccccc2)CCOC1. The maximum Gasteiger partial charge on any atom is 0.291 e. The van der Waals surface area contributed by atoms with E-state index in [1.165, 1.54) is 12.3 Å². The van der Waals surface area contributed by atoms with E-state index in [4.69, 9.17) is 19.6 Å². The average Bonchev–Trinajstić information content (AvgIpc) is 3.10. The zero-order chi connectivity index (χ0) is 17.7.